The summed E-state index contributed by atoms with van der Waals surface area (Å²) in [6.07, 6.45) is 3.70. The number of nitrogens with one attached hydrogen (secondary N) is 1. The van der Waals surface area contributed by atoms with Crippen molar-refractivity contribution in [2.24, 2.45) is 0 Å². The predicted octanol–water partition coefficient (Wildman–Crippen LogP) is 6.34. The highest BCUT2D eigenvalue weighted by Gasteiger charge is 2.34. The highest BCUT2D eigenvalue weighted by Crippen LogP contribution is 2.38. The Kier molecular flexibility index (Phi) is 5.12. The van der Waals surface area contributed by atoms with Crippen molar-refractivity contribution >= 4 is 28.9 Å². The van der Waals surface area contributed by atoms with Crippen LogP contribution >= 0.6 is 11.6 Å². The summed E-state index contributed by atoms with van der Waals surface area (Å²) in [5.41, 5.74) is 4.56. The fourth-order valence-corrected chi connectivity index (χ4v) is 4.26. The zero-order valence-corrected chi connectivity index (χ0v) is 17.9. The number of halogens is 1. The molecule has 1 aliphatic rings. The van der Waals surface area contributed by atoms with Crippen molar-refractivity contribution in [1.82, 2.24) is 9.78 Å². The van der Waals surface area contributed by atoms with Crippen LogP contribution in [0, 0.1) is 0 Å². The molecule has 5 rings (SSSR count). The van der Waals surface area contributed by atoms with Crippen LogP contribution < -0.4 is 5.32 Å². The summed E-state index contributed by atoms with van der Waals surface area (Å²) in [6, 6.07) is 19.5. The van der Waals surface area contributed by atoms with Gasteiger partial charge in [-0.2, -0.15) is 0 Å². The molecular weight excluding hydrogens is 410 g/mol. The Balaban J connectivity index is 1.58. The molecule has 2 aromatic heterocycles. The van der Waals surface area contributed by atoms with E-state index in [-0.39, 0.29) is 11.7 Å². The quantitative estimate of drug-likeness (QED) is 0.400. The number of hydrogen-bond acceptors (Lipinski definition) is 4. The largest absolute Gasteiger partial charge is 0.469 e. The maximum atomic E-state index is 13.2. The van der Waals surface area contributed by atoms with E-state index < -0.39 is 0 Å². The SMILES string of the molecule is CCc1ccc(Nc2nn(-c3ccc(Cl)cc3)c3c2C(=O)CC(c2ccco2)C3)cc1. The first-order valence-electron chi connectivity index (χ1n) is 10.4. The summed E-state index contributed by atoms with van der Waals surface area (Å²) in [7, 11) is 0. The highest BCUT2D eigenvalue weighted by atomic mass is 35.5. The van der Waals surface area contributed by atoms with Gasteiger partial charge in [0.2, 0.25) is 0 Å². The van der Waals surface area contributed by atoms with E-state index >= 15 is 0 Å². The average Bonchev–Trinajstić information content (AvgIpc) is 3.44. The number of furan rings is 1. The van der Waals surface area contributed by atoms with E-state index in [1.54, 1.807) is 6.26 Å². The van der Waals surface area contributed by atoms with Crippen LogP contribution in [0.3, 0.4) is 0 Å². The summed E-state index contributed by atoms with van der Waals surface area (Å²) >= 11 is 6.09. The minimum atomic E-state index is -0.00515. The van der Waals surface area contributed by atoms with Gasteiger partial charge in [-0.25, -0.2) is 4.68 Å². The van der Waals surface area contributed by atoms with E-state index in [1.165, 1.54) is 5.56 Å². The summed E-state index contributed by atoms with van der Waals surface area (Å²) in [5, 5.41) is 8.83. The normalized spacial score (nSPS) is 15.7. The zero-order valence-electron chi connectivity index (χ0n) is 17.1. The lowest BCUT2D eigenvalue weighted by atomic mass is 9.85. The molecule has 2 heterocycles. The Morgan fingerprint density at radius 2 is 1.87 bits per heavy atom. The Bertz CT molecular complexity index is 1210. The van der Waals surface area contributed by atoms with Crippen molar-refractivity contribution in [2.75, 3.05) is 5.32 Å². The second-order valence-corrected chi connectivity index (χ2v) is 8.21. The lowest BCUT2D eigenvalue weighted by Gasteiger charge is -2.21. The van der Waals surface area contributed by atoms with E-state index in [0.29, 0.717) is 29.2 Å². The molecule has 0 fully saturated rings. The number of benzene rings is 2. The first-order valence-corrected chi connectivity index (χ1v) is 10.8. The average molecular weight is 432 g/mol. The van der Waals surface area contributed by atoms with Crippen molar-refractivity contribution in [1.29, 1.82) is 0 Å². The molecule has 0 saturated carbocycles. The molecule has 31 heavy (non-hydrogen) atoms. The molecule has 2 aromatic carbocycles. The summed E-state index contributed by atoms with van der Waals surface area (Å²) < 4.78 is 7.46. The molecule has 5 nitrogen and oxygen atoms in total. The maximum absolute atomic E-state index is 13.2. The monoisotopic (exact) mass is 431 g/mol. The van der Waals surface area contributed by atoms with E-state index in [1.807, 2.05) is 53.2 Å². The van der Waals surface area contributed by atoms with E-state index in [0.717, 1.165) is 29.2 Å². The Hall–Kier alpha value is -3.31. The lowest BCUT2D eigenvalue weighted by molar-refractivity contribution is 0.0960. The van der Waals surface area contributed by atoms with E-state index in [4.69, 9.17) is 21.1 Å². The molecule has 1 N–H and O–H groups in total. The van der Waals surface area contributed by atoms with E-state index in [2.05, 4.69) is 24.4 Å². The van der Waals surface area contributed by atoms with Crippen LogP contribution in [0.2, 0.25) is 5.02 Å². The number of fused-ring (bicyclic) bond motifs is 1. The minimum absolute atomic E-state index is 0.00515. The second kappa shape index (κ2) is 8.08. The number of anilines is 2. The number of aryl methyl sites for hydroxylation is 1. The van der Waals surface area contributed by atoms with Crippen molar-refractivity contribution in [3.05, 3.63) is 94.5 Å². The van der Waals surface area contributed by atoms with Gasteiger partial charge in [-0.3, -0.25) is 4.79 Å². The first-order chi connectivity index (χ1) is 15.1. The molecule has 0 aliphatic heterocycles. The van der Waals surface area contributed by atoms with Crippen LogP contribution in [0.4, 0.5) is 11.5 Å². The standard InChI is InChI=1S/C25H22ClN3O2/c1-2-16-5-9-19(10-6-16)27-25-24-21(29(28-25)20-11-7-18(26)8-12-20)14-17(15-22(24)30)23-4-3-13-31-23/h3-13,17H,2,14-15H2,1H3,(H,27,28). The molecule has 0 radical (unpaired) electrons. The molecule has 4 aromatic rings. The number of aromatic nitrogens is 2. The maximum Gasteiger partial charge on any atom is 0.169 e. The van der Waals surface area contributed by atoms with Gasteiger partial charge in [-0.15, -0.1) is 5.10 Å². The first kappa shape index (κ1) is 19.6. The van der Waals surface area contributed by atoms with Gasteiger partial charge in [-0.1, -0.05) is 30.7 Å². The van der Waals surface area contributed by atoms with Crippen LogP contribution in [0.25, 0.3) is 5.69 Å². The van der Waals surface area contributed by atoms with E-state index in [9.17, 15) is 4.79 Å². The van der Waals surface area contributed by atoms with Crippen LogP contribution in [0.15, 0.2) is 71.3 Å². The zero-order chi connectivity index (χ0) is 21.4. The van der Waals surface area contributed by atoms with Gasteiger partial charge in [0, 0.05) is 29.5 Å². The van der Waals surface area contributed by atoms with Crippen molar-refractivity contribution in [3.63, 3.8) is 0 Å². The van der Waals surface area contributed by atoms with Gasteiger partial charge < -0.3 is 9.73 Å². The summed E-state index contributed by atoms with van der Waals surface area (Å²) in [5.74, 6) is 1.47. The van der Waals surface area contributed by atoms with Gasteiger partial charge >= 0.3 is 0 Å². The van der Waals surface area contributed by atoms with Gasteiger partial charge in [0.25, 0.3) is 0 Å². The van der Waals surface area contributed by atoms with Crippen LogP contribution in [0.5, 0.6) is 0 Å². The molecule has 1 unspecified atom stereocenters. The van der Waals surface area contributed by atoms with Gasteiger partial charge in [0.05, 0.1) is 23.2 Å². The third kappa shape index (κ3) is 3.77. The number of carbonyl (C=O) groups excluding carboxylic acids is 1. The van der Waals surface area contributed by atoms with Crippen LogP contribution in [-0.2, 0) is 12.8 Å². The van der Waals surface area contributed by atoms with Gasteiger partial charge in [0.1, 0.15) is 5.76 Å². The highest BCUT2D eigenvalue weighted by molar-refractivity contribution is 6.30. The third-order valence-electron chi connectivity index (χ3n) is 5.77. The number of Topliss-reactive ketones (excluding diaryl/α,β-unsaturated/α-hetero) is 1. The fraction of sp³-hybridized carbons (Fsp3) is 0.200. The molecule has 0 saturated heterocycles. The number of rotatable bonds is 5. The minimum Gasteiger partial charge on any atom is -0.469 e. The Labute approximate surface area is 185 Å². The Morgan fingerprint density at radius 1 is 1.10 bits per heavy atom. The lowest BCUT2D eigenvalue weighted by Crippen LogP contribution is -2.20. The molecular formula is C25H22ClN3O2. The number of ketones is 1. The fourth-order valence-electron chi connectivity index (χ4n) is 4.13. The van der Waals surface area contributed by atoms with Crippen LogP contribution in [0.1, 0.15) is 46.6 Å². The van der Waals surface area contributed by atoms with Crippen molar-refractivity contribution < 1.29 is 9.21 Å². The van der Waals surface area contributed by atoms with Gasteiger partial charge in [0.15, 0.2) is 11.6 Å². The molecule has 156 valence electrons. The molecule has 6 heteroatoms. The molecule has 0 amide bonds. The molecule has 0 bridgehead atoms. The second-order valence-electron chi connectivity index (χ2n) is 7.78. The topological polar surface area (TPSA) is 60.1 Å². The third-order valence-corrected chi connectivity index (χ3v) is 6.03. The predicted molar refractivity (Wildman–Crippen MR) is 122 cm³/mol. The molecule has 1 atom stereocenters. The number of hydrogen-bond donors (Lipinski definition) is 1. The summed E-state index contributed by atoms with van der Waals surface area (Å²) in [4.78, 5) is 13.2. The molecule has 0 spiro atoms. The smallest absolute Gasteiger partial charge is 0.169 e. The van der Waals surface area contributed by atoms with Crippen LogP contribution in [-0.4, -0.2) is 15.6 Å². The Morgan fingerprint density at radius 3 is 2.55 bits per heavy atom. The molecule has 1 aliphatic carbocycles. The number of carbonyl (C=O) groups is 1. The number of nitrogens with zero attached hydrogens (tertiary/aromatic N) is 2. The van der Waals surface area contributed by atoms with Crippen molar-refractivity contribution in [3.8, 4) is 5.69 Å². The summed E-state index contributed by atoms with van der Waals surface area (Å²) in [6.45, 7) is 2.13. The van der Waals surface area contributed by atoms with Crippen molar-refractivity contribution in [2.45, 2.75) is 32.1 Å². The van der Waals surface area contributed by atoms with Gasteiger partial charge in [-0.05, 0) is 60.5 Å².